The van der Waals surface area contributed by atoms with Gasteiger partial charge in [0.1, 0.15) is 6.61 Å². The van der Waals surface area contributed by atoms with Crippen molar-refractivity contribution in [3.63, 3.8) is 0 Å². The maximum atomic E-state index is 12.3. The molecule has 2 aromatic rings. The smallest absolute Gasteiger partial charge is 0.407 e. The molecular weight excluding hydrogens is 408 g/mol. The molecule has 0 aromatic heterocycles. The summed E-state index contributed by atoms with van der Waals surface area (Å²) >= 11 is 0. The third kappa shape index (κ3) is 4.77. The van der Waals surface area contributed by atoms with Crippen molar-refractivity contribution in [1.82, 2.24) is 10.6 Å². The van der Waals surface area contributed by atoms with Crippen LogP contribution in [-0.2, 0) is 14.3 Å². The monoisotopic (exact) mass is 436 g/mol. The summed E-state index contributed by atoms with van der Waals surface area (Å²) in [5.41, 5.74) is 3.86. The number of carboxylic acid groups (broad SMARTS) is 1. The molecular formula is C25H28N2O5. The molecule has 2 amide bonds. The molecule has 3 N–H and O–H groups in total. The predicted octanol–water partition coefficient (Wildman–Crippen LogP) is 3.53. The molecule has 32 heavy (non-hydrogen) atoms. The Labute approximate surface area is 187 Å². The van der Waals surface area contributed by atoms with Crippen molar-refractivity contribution in [3.8, 4) is 11.1 Å². The van der Waals surface area contributed by atoms with Gasteiger partial charge in [0.25, 0.3) is 0 Å². The van der Waals surface area contributed by atoms with E-state index in [0.717, 1.165) is 11.1 Å². The molecule has 0 radical (unpaired) electrons. The highest BCUT2D eigenvalue weighted by Crippen LogP contribution is 2.44. The van der Waals surface area contributed by atoms with E-state index in [2.05, 4.69) is 34.9 Å². The average molecular weight is 437 g/mol. The normalized spacial score (nSPS) is 18.9. The van der Waals surface area contributed by atoms with Gasteiger partial charge in [-0.25, -0.2) is 4.79 Å². The van der Waals surface area contributed by atoms with Gasteiger partial charge in [-0.05, 0) is 48.4 Å². The predicted molar refractivity (Wildman–Crippen MR) is 119 cm³/mol. The summed E-state index contributed by atoms with van der Waals surface area (Å²) in [5, 5.41) is 14.5. The second-order valence-corrected chi connectivity index (χ2v) is 9.25. The second-order valence-electron chi connectivity index (χ2n) is 9.25. The Morgan fingerprint density at radius 1 is 1.03 bits per heavy atom. The molecule has 1 fully saturated rings. The first-order valence-electron chi connectivity index (χ1n) is 10.9. The lowest BCUT2D eigenvalue weighted by molar-refractivity contribution is -0.138. The minimum Gasteiger partial charge on any atom is -0.481 e. The van der Waals surface area contributed by atoms with Gasteiger partial charge in [-0.3, -0.25) is 9.59 Å². The standard InChI is InChI=1S/C25H28N2O5/c1-25(2,12-22(28)29)27-23(30)20-11-15(20)13-26-24(31)32-14-21-18-9-5-3-7-16(18)17-8-4-6-10-19(17)21/h3-10,15,20-21H,11-14H2,1-2H3,(H,26,31)(H,27,30)(H,28,29). The Morgan fingerprint density at radius 3 is 2.22 bits per heavy atom. The van der Waals surface area contributed by atoms with Crippen LogP contribution in [0.1, 0.15) is 43.7 Å². The molecule has 0 bridgehead atoms. The van der Waals surface area contributed by atoms with Crippen molar-refractivity contribution in [2.24, 2.45) is 11.8 Å². The van der Waals surface area contributed by atoms with E-state index in [4.69, 9.17) is 9.84 Å². The number of carboxylic acids is 1. The largest absolute Gasteiger partial charge is 0.481 e. The first-order chi connectivity index (χ1) is 15.2. The second kappa shape index (κ2) is 8.65. The van der Waals surface area contributed by atoms with Gasteiger partial charge in [-0.2, -0.15) is 0 Å². The number of amides is 2. The van der Waals surface area contributed by atoms with Crippen LogP contribution in [0.5, 0.6) is 0 Å². The summed E-state index contributed by atoms with van der Waals surface area (Å²) in [6.07, 6.45) is 0.0244. The van der Waals surface area contributed by atoms with Crippen LogP contribution < -0.4 is 10.6 Å². The van der Waals surface area contributed by atoms with Crippen molar-refractivity contribution in [1.29, 1.82) is 0 Å². The van der Waals surface area contributed by atoms with Crippen LogP contribution in [-0.4, -0.2) is 41.8 Å². The maximum Gasteiger partial charge on any atom is 0.407 e. The van der Waals surface area contributed by atoms with Crippen molar-refractivity contribution in [2.75, 3.05) is 13.2 Å². The van der Waals surface area contributed by atoms with Gasteiger partial charge in [-0.1, -0.05) is 48.5 Å². The lowest BCUT2D eigenvalue weighted by atomic mass is 9.98. The van der Waals surface area contributed by atoms with Crippen LogP contribution in [0, 0.1) is 11.8 Å². The van der Waals surface area contributed by atoms with Crippen LogP contribution in [0.25, 0.3) is 11.1 Å². The number of carbonyl (C=O) groups is 3. The molecule has 2 aliphatic carbocycles. The van der Waals surface area contributed by atoms with Crippen LogP contribution in [0.15, 0.2) is 48.5 Å². The molecule has 168 valence electrons. The Morgan fingerprint density at radius 2 is 1.62 bits per heavy atom. The number of hydrogen-bond donors (Lipinski definition) is 3. The van der Waals surface area contributed by atoms with Gasteiger partial charge in [0.2, 0.25) is 5.91 Å². The molecule has 4 rings (SSSR count). The summed E-state index contributed by atoms with van der Waals surface area (Å²) < 4.78 is 5.52. The SMILES string of the molecule is CC(C)(CC(=O)O)NC(=O)C1CC1CNC(=O)OCC1c2ccccc2-c2ccccc21. The number of benzene rings is 2. The van der Waals surface area contributed by atoms with Crippen LogP contribution >= 0.6 is 0 Å². The van der Waals surface area contributed by atoms with Crippen molar-refractivity contribution >= 4 is 18.0 Å². The summed E-state index contributed by atoms with van der Waals surface area (Å²) in [4.78, 5) is 35.5. The minimum atomic E-state index is -0.959. The number of alkyl carbamates (subject to hydrolysis) is 1. The zero-order valence-electron chi connectivity index (χ0n) is 18.3. The lowest BCUT2D eigenvalue weighted by Crippen LogP contribution is -2.46. The highest BCUT2D eigenvalue weighted by Gasteiger charge is 2.44. The van der Waals surface area contributed by atoms with Gasteiger partial charge in [0.15, 0.2) is 0 Å². The number of nitrogens with one attached hydrogen (secondary N) is 2. The summed E-state index contributed by atoms with van der Waals surface area (Å²) in [7, 11) is 0. The lowest BCUT2D eigenvalue weighted by Gasteiger charge is -2.24. The zero-order chi connectivity index (χ0) is 22.9. The first kappa shape index (κ1) is 21.9. The van der Waals surface area contributed by atoms with E-state index in [1.165, 1.54) is 11.1 Å². The maximum absolute atomic E-state index is 12.3. The minimum absolute atomic E-state index is 0.00377. The number of rotatable bonds is 8. The van der Waals surface area contributed by atoms with Gasteiger partial charge >= 0.3 is 12.1 Å². The fraction of sp³-hybridized carbons (Fsp3) is 0.400. The Kier molecular flexibility index (Phi) is 5.91. The number of hydrogen-bond acceptors (Lipinski definition) is 4. The molecule has 2 aromatic carbocycles. The van der Waals surface area contributed by atoms with Crippen LogP contribution in [0.4, 0.5) is 4.79 Å². The molecule has 1 saturated carbocycles. The average Bonchev–Trinajstić information content (AvgIpc) is 3.45. The molecule has 2 atom stereocenters. The van der Waals surface area contributed by atoms with E-state index < -0.39 is 17.6 Å². The Hall–Kier alpha value is -3.35. The fourth-order valence-electron chi connectivity index (χ4n) is 4.51. The quantitative estimate of drug-likeness (QED) is 0.587. The van der Waals surface area contributed by atoms with Crippen molar-refractivity contribution in [3.05, 3.63) is 59.7 Å². The van der Waals surface area contributed by atoms with E-state index in [9.17, 15) is 14.4 Å². The molecule has 0 aliphatic heterocycles. The molecule has 0 heterocycles. The number of fused-ring (bicyclic) bond motifs is 3. The van der Waals surface area contributed by atoms with Gasteiger partial charge in [0.05, 0.1) is 6.42 Å². The molecule has 7 heteroatoms. The summed E-state index contributed by atoms with van der Waals surface area (Å²) in [6, 6.07) is 16.3. The zero-order valence-corrected chi connectivity index (χ0v) is 18.3. The number of carbonyl (C=O) groups excluding carboxylic acids is 2. The molecule has 2 aliphatic rings. The molecule has 7 nitrogen and oxygen atoms in total. The number of aliphatic carboxylic acids is 1. The molecule has 0 spiro atoms. The Balaban J connectivity index is 1.25. The van der Waals surface area contributed by atoms with E-state index in [1.807, 2.05) is 24.3 Å². The summed E-state index contributed by atoms with van der Waals surface area (Å²) in [5.74, 6) is -1.30. The summed E-state index contributed by atoms with van der Waals surface area (Å²) in [6.45, 7) is 3.97. The highest BCUT2D eigenvalue weighted by molar-refractivity contribution is 5.83. The van der Waals surface area contributed by atoms with Gasteiger partial charge in [0, 0.05) is 23.9 Å². The van der Waals surface area contributed by atoms with Gasteiger partial charge < -0.3 is 20.5 Å². The molecule has 0 saturated heterocycles. The first-order valence-corrected chi connectivity index (χ1v) is 10.9. The van der Waals surface area contributed by atoms with Crippen LogP contribution in [0.2, 0.25) is 0 Å². The highest BCUT2D eigenvalue weighted by atomic mass is 16.5. The third-order valence-electron chi connectivity index (χ3n) is 6.17. The topological polar surface area (TPSA) is 105 Å². The molecule has 2 unspecified atom stereocenters. The van der Waals surface area contributed by atoms with E-state index in [-0.39, 0.29) is 36.7 Å². The van der Waals surface area contributed by atoms with E-state index >= 15 is 0 Å². The number of ether oxygens (including phenoxy) is 1. The third-order valence-corrected chi connectivity index (χ3v) is 6.17. The fourth-order valence-corrected chi connectivity index (χ4v) is 4.51. The van der Waals surface area contributed by atoms with Crippen molar-refractivity contribution in [2.45, 2.75) is 38.1 Å². The van der Waals surface area contributed by atoms with E-state index in [0.29, 0.717) is 13.0 Å². The Bertz CT molecular complexity index is 1000. The van der Waals surface area contributed by atoms with Crippen molar-refractivity contribution < 1.29 is 24.2 Å². The van der Waals surface area contributed by atoms with Crippen LogP contribution in [0.3, 0.4) is 0 Å². The van der Waals surface area contributed by atoms with E-state index in [1.54, 1.807) is 13.8 Å². The van der Waals surface area contributed by atoms with Gasteiger partial charge in [-0.15, -0.1) is 0 Å².